The first-order chi connectivity index (χ1) is 26.6. The van der Waals surface area contributed by atoms with E-state index in [4.69, 9.17) is 9.47 Å². The lowest BCUT2D eigenvalue weighted by Crippen LogP contribution is -2.28. The zero-order valence-electron chi connectivity index (χ0n) is 35.5. The lowest BCUT2D eigenvalue weighted by atomic mass is 10.0. The monoisotopic (exact) mass is 755 g/mol. The van der Waals surface area contributed by atoms with Gasteiger partial charge < -0.3 is 14.6 Å². The number of allylic oxidation sites excluding steroid dienone is 10. The molecule has 0 spiro atoms. The Morgan fingerprint density at radius 1 is 0.444 bits per heavy atom. The molecule has 54 heavy (non-hydrogen) atoms. The van der Waals surface area contributed by atoms with E-state index >= 15 is 0 Å². The van der Waals surface area contributed by atoms with E-state index < -0.39 is 6.10 Å². The summed E-state index contributed by atoms with van der Waals surface area (Å²) in [5.41, 5.74) is 0. The topological polar surface area (TPSA) is 72.8 Å². The Morgan fingerprint density at radius 2 is 0.796 bits per heavy atom. The molecule has 0 bridgehead atoms. The van der Waals surface area contributed by atoms with Crippen LogP contribution in [0.4, 0.5) is 0 Å². The maximum Gasteiger partial charge on any atom is 0.306 e. The van der Waals surface area contributed by atoms with Crippen LogP contribution >= 0.6 is 0 Å². The van der Waals surface area contributed by atoms with E-state index in [2.05, 4.69) is 74.6 Å². The second-order valence-electron chi connectivity index (χ2n) is 15.1. The van der Waals surface area contributed by atoms with Crippen molar-refractivity contribution in [3.8, 4) is 0 Å². The maximum absolute atomic E-state index is 12.2. The molecule has 0 aromatic rings. The molecule has 0 saturated heterocycles. The Labute approximate surface area is 334 Å². The summed E-state index contributed by atoms with van der Waals surface area (Å²) in [4.78, 5) is 24.4. The number of rotatable bonds is 41. The van der Waals surface area contributed by atoms with Crippen LogP contribution in [0.15, 0.2) is 60.8 Å². The molecule has 0 heterocycles. The Bertz CT molecular complexity index is 946. The molecule has 0 aliphatic carbocycles. The summed E-state index contributed by atoms with van der Waals surface area (Å²) >= 11 is 0. The average Bonchev–Trinajstić information content (AvgIpc) is 3.17. The van der Waals surface area contributed by atoms with E-state index in [1.807, 2.05) is 0 Å². The summed E-state index contributed by atoms with van der Waals surface area (Å²) in [6.45, 7) is 4.02. The van der Waals surface area contributed by atoms with Crippen LogP contribution in [0.1, 0.15) is 219 Å². The molecule has 1 N–H and O–H groups in total. The third kappa shape index (κ3) is 42.3. The molecular weight excluding hydrogens is 669 g/mol. The summed E-state index contributed by atoms with van der Waals surface area (Å²) in [6.07, 6.45) is 58.6. The van der Waals surface area contributed by atoms with Crippen LogP contribution in [0.2, 0.25) is 0 Å². The van der Waals surface area contributed by atoms with E-state index in [1.165, 1.54) is 103 Å². The quantitative estimate of drug-likeness (QED) is 0.0382. The van der Waals surface area contributed by atoms with E-state index in [0.717, 1.165) is 89.9 Å². The minimum Gasteiger partial charge on any atom is -0.462 e. The number of aliphatic hydroxyl groups is 1. The SMILES string of the molecule is CC/C=C\C/C=C\C/C=C\C/C=C\C/C=C\CCCCCCCC(=O)OC(CO)COC(=O)CCCCCCCCCCCCCCCCCCCCC. The fourth-order valence-corrected chi connectivity index (χ4v) is 6.41. The summed E-state index contributed by atoms with van der Waals surface area (Å²) in [5.74, 6) is -0.608. The molecule has 312 valence electrons. The summed E-state index contributed by atoms with van der Waals surface area (Å²) in [6, 6.07) is 0. The van der Waals surface area contributed by atoms with Gasteiger partial charge in [0.05, 0.1) is 6.61 Å². The number of carbonyl (C=O) groups is 2. The highest BCUT2D eigenvalue weighted by Crippen LogP contribution is 2.15. The molecule has 0 saturated carbocycles. The van der Waals surface area contributed by atoms with E-state index in [-0.39, 0.29) is 25.2 Å². The van der Waals surface area contributed by atoms with E-state index in [1.54, 1.807) is 0 Å². The number of ether oxygens (including phenoxy) is 2. The minimum absolute atomic E-state index is 0.0734. The number of hydrogen-bond donors (Lipinski definition) is 1. The van der Waals surface area contributed by atoms with Crippen LogP contribution < -0.4 is 0 Å². The molecule has 1 unspecified atom stereocenters. The lowest BCUT2D eigenvalue weighted by Gasteiger charge is -2.15. The molecule has 0 radical (unpaired) electrons. The molecule has 0 aliphatic heterocycles. The van der Waals surface area contributed by atoms with Crippen molar-refractivity contribution in [3.63, 3.8) is 0 Å². The highest BCUT2D eigenvalue weighted by Gasteiger charge is 2.16. The standard InChI is InChI=1S/C49H86O5/c1-3-5-7-9-11-13-15-17-19-21-23-24-26-28-30-32-34-36-38-40-42-44-49(52)54-47(45-50)46-53-48(51)43-41-39-37-35-33-31-29-27-25-22-20-18-16-14-12-10-8-6-4-2/h5,7,11,13,17,19,23-24,28,30,47,50H,3-4,6,8-10,12,14-16,18,20-22,25-27,29,31-46H2,1-2H3/b7-5-,13-11-,19-17-,24-23-,30-28-. The fourth-order valence-electron chi connectivity index (χ4n) is 6.41. The molecule has 0 aromatic carbocycles. The van der Waals surface area contributed by atoms with E-state index in [0.29, 0.717) is 12.8 Å². The van der Waals surface area contributed by atoms with Gasteiger partial charge in [-0.1, -0.05) is 209 Å². The van der Waals surface area contributed by atoms with Gasteiger partial charge in [-0.25, -0.2) is 0 Å². The number of carbonyl (C=O) groups excluding carboxylic acids is 2. The molecule has 0 amide bonds. The number of esters is 2. The van der Waals surface area contributed by atoms with Crippen molar-refractivity contribution in [1.82, 2.24) is 0 Å². The van der Waals surface area contributed by atoms with Crippen molar-refractivity contribution >= 4 is 11.9 Å². The highest BCUT2D eigenvalue weighted by atomic mass is 16.6. The minimum atomic E-state index is -0.782. The predicted octanol–water partition coefficient (Wildman–Crippen LogP) is 14.7. The number of unbranched alkanes of at least 4 members (excludes halogenated alkanes) is 23. The van der Waals surface area contributed by atoms with Crippen LogP contribution in [-0.4, -0.2) is 36.4 Å². The zero-order valence-corrected chi connectivity index (χ0v) is 35.5. The van der Waals surface area contributed by atoms with Gasteiger partial charge in [0.1, 0.15) is 6.61 Å². The Morgan fingerprint density at radius 3 is 1.20 bits per heavy atom. The molecule has 1 atom stereocenters. The van der Waals surface area contributed by atoms with Gasteiger partial charge in [-0.3, -0.25) is 9.59 Å². The molecule has 0 aliphatic rings. The highest BCUT2D eigenvalue weighted by molar-refractivity contribution is 5.70. The van der Waals surface area contributed by atoms with Gasteiger partial charge in [-0.05, 0) is 57.8 Å². The van der Waals surface area contributed by atoms with Gasteiger partial charge in [0.25, 0.3) is 0 Å². The van der Waals surface area contributed by atoms with Crippen molar-refractivity contribution in [2.75, 3.05) is 13.2 Å². The van der Waals surface area contributed by atoms with Crippen molar-refractivity contribution < 1.29 is 24.2 Å². The first-order valence-electron chi connectivity index (χ1n) is 22.8. The van der Waals surface area contributed by atoms with Crippen LogP contribution in [-0.2, 0) is 19.1 Å². The van der Waals surface area contributed by atoms with Crippen LogP contribution in [0.5, 0.6) is 0 Å². The largest absolute Gasteiger partial charge is 0.462 e. The molecule has 5 nitrogen and oxygen atoms in total. The molecule has 5 heteroatoms. The van der Waals surface area contributed by atoms with Gasteiger partial charge in [0, 0.05) is 12.8 Å². The first kappa shape index (κ1) is 51.6. The summed E-state index contributed by atoms with van der Waals surface area (Å²) in [7, 11) is 0. The number of hydrogen-bond acceptors (Lipinski definition) is 5. The summed E-state index contributed by atoms with van der Waals surface area (Å²) in [5, 5.41) is 9.60. The van der Waals surface area contributed by atoms with Crippen molar-refractivity contribution in [1.29, 1.82) is 0 Å². The fraction of sp³-hybridized carbons (Fsp3) is 0.755. The Balaban J connectivity index is 3.57. The predicted molar refractivity (Wildman–Crippen MR) is 233 cm³/mol. The van der Waals surface area contributed by atoms with E-state index in [9.17, 15) is 14.7 Å². The van der Waals surface area contributed by atoms with Gasteiger partial charge in [0.2, 0.25) is 0 Å². The van der Waals surface area contributed by atoms with Crippen LogP contribution in [0, 0.1) is 0 Å². The third-order valence-electron chi connectivity index (χ3n) is 9.83. The maximum atomic E-state index is 12.2. The van der Waals surface area contributed by atoms with Gasteiger partial charge in [0.15, 0.2) is 6.10 Å². The zero-order chi connectivity index (χ0) is 39.3. The lowest BCUT2D eigenvalue weighted by molar-refractivity contribution is -0.161. The second kappa shape index (κ2) is 45.0. The molecule has 0 fully saturated rings. The number of aliphatic hydroxyl groups excluding tert-OH is 1. The van der Waals surface area contributed by atoms with Gasteiger partial charge >= 0.3 is 11.9 Å². The molecule has 0 rings (SSSR count). The second-order valence-corrected chi connectivity index (χ2v) is 15.1. The van der Waals surface area contributed by atoms with Gasteiger partial charge in [-0.15, -0.1) is 0 Å². The average molecular weight is 755 g/mol. The first-order valence-corrected chi connectivity index (χ1v) is 22.8. The molecular formula is C49H86O5. The molecule has 0 aromatic heterocycles. The third-order valence-corrected chi connectivity index (χ3v) is 9.83. The normalized spacial score (nSPS) is 12.7. The van der Waals surface area contributed by atoms with Crippen LogP contribution in [0.25, 0.3) is 0 Å². The smallest absolute Gasteiger partial charge is 0.306 e. The Kier molecular flexibility index (Phi) is 43.0. The summed E-state index contributed by atoms with van der Waals surface area (Å²) < 4.78 is 10.6. The van der Waals surface area contributed by atoms with Crippen molar-refractivity contribution in [2.45, 2.75) is 225 Å². The van der Waals surface area contributed by atoms with Crippen molar-refractivity contribution in [2.24, 2.45) is 0 Å². The van der Waals surface area contributed by atoms with Crippen LogP contribution in [0.3, 0.4) is 0 Å². The van der Waals surface area contributed by atoms with Gasteiger partial charge in [-0.2, -0.15) is 0 Å². The van der Waals surface area contributed by atoms with Crippen molar-refractivity contribution in [3.05, 3.63) is 60.8 Å². The Hall–Kier alpha value is -2.40.